The van der Waals surface area contributed by atoms with E-state index in [-0.39, 0.29) is 23.9 Å². The Morgan fingerprint density at radius 2 is 2.25 bits per heavy atom. The molecule has 0 aliphatic carbocycles. The summed E-state index contributed by atoms with van der Waals surface area (Å²) in [5, 5.41) is 11.4. The van der Waals surface area contributed by atoms with Gasteiger partial charge in [0.25, 0.3) is 0 Å². The number of amides is 1. The average molecular weight is 343 g/mol. The molecule has 0 fully saturated rings. The molecule has 1 amide bonds. The second kappa shape index (κ2) is 5.69. The number of rotatable bonds is 2. The molecule has 122 valence electrons. The van der Waals surface area contributed by atoms with E-state index in [9.17, 15) is 9.18 Å². The molecule has 0 saturated heterocycles. The molecule has 1 atom stereocenters. The van der Waals surface area contributed by atoms with E-state index in [1.165, 1.54) is 28.4 Å². The number of nitrogens with two attached hydrogens (primary N) is 1. The van der Waals surface area contributed by atoms with Gasteiger partial charge in [0.05, 0.1) is 17.7 Å². The maximum absolute atomic E-state index is 13.5. The predicted octanol–water partition coefficient (Wildman–Crippen LogP) is 2.21. The van der Waals surface area contributed by atoms with Gasteiger partial charge >= 0.3 is 0 Å². The smallest absolute Gasteiger partial charge is 0.231 e. The number of benzene rings is 1. The minimum Gasteiger partial charge on any atom is -0.369 e. The Hall–Kier alpha value is -2.79. The summed E-state index contributed by atoms with van der Waals surface area (Å²) in [4.78, 5) is 22.3. The molecule has 0 saturated carbocycles. The van der Waals surface area contributed by atoms with E-state index in [0.29, 0.717) is 16.3 Å². The van der Waals surface area contributed by atoms with Gasteiger partial charge in [0, 0.05) is 18.0 Å². The number of nitriles is 1. The summed E-state index contributed by atoms with van der Waals surface area (Å²) in [7, 11) is 1.58. The van der Waals surface area contributed by atoms with Crippen molar-refractivity contribution in [3.63, 3.8) is 0 Å². The first-order valence-corrected chi connectivity index (χ1v) is 8.00. The number of aromatic nitrogens is 1. The number of hydrogen-bond donors (Lipinski definition) is 1. The molecule has 1 aromatic heterocycles. The van der Waals surface area contributed by atoms with Gasteiger partial charge in [0.2, 0.25) is 5.91 Å². The number of thiazole rings is 1. The zero-order chi connectivity index (χ0) is 17.5. The first-order valence-electron chi connectivity index (χ1n) is 7.12. The second-order valence-electron chi connectivity index (χ2n) is 5.72. The Balaban J connectivity index is 2.00. The largest absolute Gasteiger partial charge is 0.369 e. The van der Waals surface area contributed by atoms with E-state index in [1.807, 2.05) is 6.07 Å². The standard InChI is InChI=1S/C16H14FN5OS/c1-16(6-13(23)22(2)15(19)21-16)14-20-12(8-24-14)9-3-4-11(17)10(5-9)7-18/h3-5,8H,6H2,1-2H3,(H2,19,21)/t16-/m0/s1. The highest BCUT2D eigenvalue weighted by Gasteiger charge is 2.38. The van der Waals surface area contributed by atoms with Gasteiger partial charge in [-0.2, -0.15) is 5.26 Å². The highest BCUT2D eigenvalue weighted by atomic mass is 32.1. The molecule has 1 aliphatic rings. The molecule has 0 unspecified atom stereocenters. The van der Waals surface area contributed by atoms with Crippen molar-refractivity contribution in [2.75, 3.05) is 7.05 Å². The van der Waals surface area contributed by atoms with Gasteiger partial charge in [-0.15, -0.1) is 11.3 Å². The van der Waals surface area contributed by atoms with Crippen LogP contribution >= 0.6 is 11.3 Å². The molecule has 0 bridgehead atoms. The molecule has 1 aliphatic heterocycles. The molecular formula is C16H14FN5OS. The third kappa shape index (κ3) is 2.63. The van der Waals surface area contributed by atoms with E-state index >= 15 is 0 Å². The molecule has 2 N–H and O–H groups in total. The van der Waals surface area contributed by atoms with E-state index in [1.54, 1.807) is 25.4 Å². The van der Waals surface area contributed by atoms with Crippen LogP contribution in [0.2, 0.25) is 0 Å². The van der Waals surface area contributed by atoms with Gasteiger partial charge < -0.3 is 5.73 Å². The monoisotopic (exact) mass is 343 g/mol. The molecule has 8 heteroatoms. The van der Waals surface area contributed by atoms with E-state index < -0.39 is 11.4 Å². The quantitative estimate of drug-likeness (QED) is 0.904. The fourth-order valence-corrected chi connectivity index (χ4v) is 3.39. The Kier molecular flexibility index (Phi) is 3.81. The topological polar surface area (TPSA) is 95.4 Å². The van der Waals surface area contributed by atoms with Crippen LogP contribution in [0.15, 0.2) is 28.6 Å². The van der Waals surface area contributed by atoms with Crippen LogP contribution in [0, 0.1) is 17.1 Å². The molecular weight excluding hydrogens is 329 g/mol. The van der Waals surface area contributed by atoms with Crippen LogP contribution < -0.4 is 5.73 Å². The normalized spacial score (nSPS) is 20.7. The Labute approximate surface area is 142 Å². The third-order valence-electron chi connectivity index (χ3n) is 3.92. The Bertz CT molecular complexity index is 900. The minimum absolute atomic E-state index is 0.0370. The van der Waals surface area contributed by atoms with Crippen LogP contribution in [0.3, 0.4) is 0 Å². The van der Waals surface area contributed by atoms with Crippen molar-refractivity contribution >= 4 is 23.2 Å². The van der Waals surface area contributed by atoms with Crippen LogP contribution in [-0.4, -0.2) is 28.8 Å². The maximum Gasteiger partial charge on any atom is 0.231 e. The van der Waals surface area contributed by atoms with E-state index in [4.69, 9.17) is 11.0 Å². The van der Waals surface area contributed by atoms with Crippen molar-refractivity contribution in [3.05, 3.63) is 40.0 Å². The fraction of sp³-hybridized carbons (Fsp3) is 0.250. The van der Waals surface area contributed by atoms with Crippen molar-refractivity contribution in [1.29, 1.82) is 5.26 Å². The van der Waals surface area contributed by atoms with Gasteiger partial charge in [-0.3, -0.25) is 9.69 Å². The molecule has 24 heavy (non-hydrogen) atoms. The second-order valence-corrected chi connectivity index (χ2v) is 6.58. The summed E-state index contributed by atoms with van der Waals surface area (Å²) < 4.78 is 13.5. The van der Waals surface area contributed by atoms with Gasteiger partial charge in [0.15, 0.2) is 5.96 Å². The fourth-order valence-electron chi connectivity index (χ4n) is 2.46. The van der Waals surface area contributed by atoms with Crippen molar-refractivity contribution in [1.82, 2.24) is 9.88 Å². The molecule has 1 aromatic carbocycles. The maximum atomic E-state index is 13.5. The number of halogens is 1. The summed E-state index contributed by atoms with van der Waals surface area (Å²) in [5.41, 5.74) is 6.19. The summed E-state index contributed by atoms with van der Waals surface area (Å²) in [6.45, 7) is 1.80. The van der Waals surface area contributed by atoms with Gasteiger partial charge in [-0.05, 0) is 25.1 Å². The average Bonchev–Trinajstić information content (AvgIpc) is 3.04. The molecule has 2 heterocycles. The van der Waals surface area contributed by atoms with Crippen molar-refractivity contribution in [3.8, 4) is 17.3 Å². The summed E-state index contributed by atoms with van der Waals surface area (Å²) in [6.07, 6.45) is 0.171. The minimum atomic E-state index is -0.825. The number of nitrogens with zero attached hydrogens (tertiary/aromatic N) is 4. The first kappa shape index (κ1) is 16.1. The lowest BCUT2D eigenvalue weighted by Crippen LogP contribution is -2.47. The van der Waals surface area contributed by atoms with Crippen LogP contribution in [0.5, 0.6) is 0 Å². The number of hydrogen-bond acceptors (Lipinski definition) is 6. The lowest BCUT2D eigenvalue weighted by Gasteiger charge is -2.31. The van der Waals surface area contributed by atoms with Gasteiger partial charge in [0.1, 0.15) is 22.4 Å². The van der Waals surface area contributed by atoms with Crippen LogP contribution in [-0.2, 0) is 10.3 Å². The predicted molar refractivity (Wildman–Crippen MR) is 88.6 cm³/mol. The van der Waals surface area contributed by atoms with Crippen molar-refractivity contribution < 1.29 is 9.18 Å². The Morgan fingerprint density at radius 3 is 2.92 bits per heavy atom. The van der Waals surface area contributed by atoms with Crippen LogP contribution in [0.1, 0.15) is 23.9 Å². The first-order chi connectivity index (χ1) is 11.3. The SMILES string of the molecule is CN1C(=O)C[C@@](C)(c2nc(-c3ccc(F)c(C#N)c3)cs2)N=C1N. The number of carbonyl (C=O) groups is 1. The highest BCUT2D eigenvalue weighted by molar-refractivity contribution is 7.10. The lowest BCUT2D eigenvalue weighted by molar-refractivity contribution is -0.128. The number of carbonyl (C=O) groups excluding carboxylic acids is 1. The third-order valence-corrected chi connectivity index (χ3v) is 5.02. The molecule has 0 spiro atoms. The number of guanidine groups is 1. The zero-order valence-electron chi connectivity index (χ0n) is 13.1. The van der Waals surface area contributed by atoms with E-state index in [2.05, 4.69) is 9.98 Å². The molecule has 0 radical (unpaired) electrons. The number of aliphatic imine (C=N–C) groups is 1. The van der Waals surface area contributed by atoms with E-state index in [0.717, 1.165) is 0 Å². The molecule has 2 aromatic rings. The lowest BCUT2D eigenvalue weighted by atomic mass is 9.97. The van der Waals surface area contributed by atoms with Crippen molar-refractivity contribution in [2.24, 2.45) is 10.7 Å². The van der Waals surface area contributed by atoms with Crippen LogP contribution in [0.4, 0.5) is 4.39 Å². The highest BCUT2D eigenvalue weighted by Crippen LogP contribution is 2.36. The van der Waals surface area contributed by atoms with Crippen molar-refractivity contribution in [2.45, 2.75) is 18.9 Å². The van der Waals surface area contributed by atoms with Crippen LogP contribution in [0.25, 0.3) is 11.3 Å². The summed E-state index contributed by atoms with van der Waals surface area (Å²) >= 11 is 1.35. The zero-order valence-corrected chi connectivity index (χ0v) is 13.9. The molecule has 6 nitrogen and oxygen atoms in total. The molecule has 3 rings (SSSR count). The summed E-state index contributed by atoms with van der Waals surface area (Å²) in [5.74, 6) is -0.545. The van der Waals surface area contributed by atoms with Gasteiger partial charge in [-0.1, -0.05) is 0 Å². The summed E-state index contributed by atoms with van der Waals surface area (Å²) in [6, 6.07) is 6.07. The Morgan fingerprint density at radius 1 is 1.50 bits per heavy atom. The van der Waals surface area contributed by atoms with Gasteiger partial charge in [-0.25, -0.2) is 14.4 Å².